The predicted octanol–water partition coefficient (Wildman–Crippen LogP) is -0.620. The minimum atomic E-state index is -1.05. The molecule has 116 valence electrons. The van der Waals surface area contributed by atoms with Gasteiger partial charge in [0.25, 0.3) is 5.56 Å². The molecule has 1 aromatic heterocycles. The predicted molar refractivity (Wildman–Crippen MR) is 76.6 cm³/mol. The standard InChI is InChI=1S/C13H20N4O4/c1-10-8-15-12(13(20)17(10)9-11(18)19)14-2-3-16-4-6-21-7-5-16/h8H,2-7,9H2,1H3,(H,14,15)(H,18,19). The molecule has 21 heavy (non-hydrogen) atoms. The summed E-state index contributed by atoms with van der Waals surface area (Å²) in [6, 6.07) is 0. The van der Waals surface area contributed by atoms with Crippen molar-refractivity contribution < 1.29 is 14.6 Å². The van der Waals surface area contributed by atoms with Crippen LogP contribution < -0.4 is 10.9 Å². The Labute approximate surface area is 122 Å². The third-order valence-corrected chi connectivity index (χ3v) is 3.37. The maximum absolute atomic E-state index is 12.1. The SMILES string of the molecule is Cc1cnc(NCCN2CCOCC2)c(=O)n1CC(=O)O. The molecule has 1 fully saturated rings. The summed E-state index contributed by atoms with van der Waals surface area (Å²) in [6.45, 7) is 5.90. The molecule has 2 rings (SSSR count). The zero-order chi connectivity index (χ0) is 15.2. The van der Waals surface area contributed by atoms with E-state index in [0.29, 0.717) is 12.2 Å². The van der Waals surface area contributed by atoms with E-state index in [4.69, 9.17) is 9.84 Å². The number of hydrogen-bond acceptors (Lipinski definition) is 6. The second-order valence-electron chi connectivity index (χ2n) is 4.91. The second kappa shape index (κ2) is 7.19. The van der Waals surface area contributed by atoms with Crippen molar-refractivity contribution in [3.05, 3.63) is 22.2 Å². The van der Waals surface area contributed by atoms with Gasteiger partial charge in [0, 0.05) is 38.1 Å². The number of nitrogens with zero attached hydrogens (tertiary/aromatic N) is 3. The number of ether oxygens (including phenoxy) is 1. The molecule has 1 aliphatic rings. The minimum Gasteiger partial charge on any atom is -0.480 e. The topological polar surface area (TPSA) is 96.7 Å². The van der Waals surface area contributed by atoms with E-state index in [0.717, 1.165) is 32.8 Å². The van der Waals surface area contributed by atoms with Crippen LogP contribution in [-0.2, 0) is 16.1 Å². The second-order valence-corrected chi connectivity index (χ2v) is 4.91. The van der Waals surface area contributed by atoms with Gasteiger partial charge in [0.15, 0.2) is 5.82 Å². The van der Waals surface area contributed by atoms with E-state index in [1.807, 2.05) is 0 Å². The Morgan fingerprint density at radius 3 is 2.86 bits per heavy atom. The van der Waals surface area contributed by atoms with Crippen LogP contribution in [0.5, 0.6) is 0 Å². The molecule has 2 N–H and O–H groups in total. The number of hydrogen-bond donors (Lipinski definition) is 2. The Morgan fingerprint density at radius 2 is 2.19 bits per heavy atom. The molecule has 0 radical (unpaired) electrons. The average Bonchev–Trinajstić information content (AvgIpc) is 2.47. The molecule has 8 heteroatoms. The lowest BCUT2D eigenvalue weighted by Crippen LogP contribution is -2.39. The van der Waals surface area contributed by atoms with E-state index < -0.39 is 11.5 Å². The van der Waals surface area contributed by atoms with Crippen molar-refractivity contribution in [2.24, 2.45) is 0 Å². The van der Waals surface area contributed by atoms with Crippen molar-refractivity contribution >= 4 is 11.8 Å². The monoisotopic (exact) mass is 296 g/mol. The van der Waals surface area contributed by atoms with E-state index in [9.17, 15) is 9.59 Å². The fourth-order valence-electron chi connectivity index (χ4n) is 2.18. The first kappa shape index (κ1) is 15.5. The Morgan fingerprint density at radius 1 is 1.48 bits per heavy atom. The van der Waals surface area contributed by atoms with Crippen molar-refractivity contribution in [1.82, 2.24) is 14.5 Å². The summed E-state index contributed by atoms with van der Waals surface area (Å²) < 4.78 is 6.47. The van der Waals surface area contributed by atoms with E-state index in [-0.39, 0.29) is 12.4 Å². The fourth-order valence-corrected chi connectivity index (χ4v) is 2.18. The number of carboxylic acids is 1. The molecule has 0 saturated carbocycles. The molecule has 1 aromatic rings. The van der Waals surface area contributed by atoms with Crippen molar-refractivity contribution in [2.75, 3.05) is 44.7 Å². The number of carbonyl (C=O) groups is 1. The molecule has 1 saturated heterocycles. The Kier molecular flexibility index (Phi) is 5.29. The van der Waals surface area contributed by atoms with Crippen LogP contribution >= 0.6 is 0 Å². The van der Waals surface area contributed by atoms with E-state index >= 15 is 0 Å². The van der Waals surface area contributed by atoms with Crippen molar-refractivity contribution in [3.8, 4) is 0 Å². The summed E-state index contributed by atoms with van der Waals surface area (Å²) in [4.78, 5) is 29.2. The highest BCUT2D eigenvalue weighted by Gasteiger charge is 2.12. The highest BCUT2D eigenvalue weighted by Crippen LogP contribution is 2.00. The molecule has 0 spiro atoms. The minimum absolute atomic E-state index is 0.190. The van der Waals surface area contributed by atoms with Gasteiger partial charge in [0.1, 0.15) is 6.54 Å². The van der Waals surface area contributed by atoms with Crippen LogP contribution in [0.3, 0.4) is 0 Å². The van der Waals surface area contributed by atoms with Crippen LogP contribution in [0.25, 0.3) is 0 Å². The normalized spacial score (nSPS) is 15.9. The van der Waals surface area contributed by atoms with Gasteiger partial charge in [-0.15, -0.1) is 0 Å². The third-order valence-electron chi connectivity index (χ3n) is 3.37. The molecule has 0 atom stereocenters. The number of aryl methyl sites for hydroxylation is 1. The van der Waals surface area contributed by atoms with Crippen LogP contribution in [0.4, 0.5) is 5.82 Å². The van der Waals surface area contributed by atoms with Crippen LogP contribution in [0, 0.1) is 6.92 Å². The van der Waals surface area contributed by atoms with Gasteiger partial charge in [0.05, 0.1) is 13.2 Å². The quantitative estimate of drug-likeness (QED) is 0.722. The Balaban J connectivity index is 1.96. The number of carboxylic acid groups (broad SMARTS) is 1. The summed E-state index contributed by atoms with van der Waals surface area (Å²) >= 11 is 0. The molecule has 8 nitrogen and oxygen atoms in total. The van der Waals surface area contributed by atoms with Gasteiger partial charge < -0.3 is 15.2 Å². The maximum Gasteiger partial charge on any atom is 0.323 e. The summed E-state index contributed by atoms with van der Waals surface area (Å²) in [5.41, 5.74) is 0.125. The number of aromatic nitrogens is 2. The summed E-state index contributed by atoms with van der Waals surface area (Å²) in [6.07, 6.45) is 1.50. The Bertz CT molecular complexity index is 552. The van der Waals surface area contributed by atoms with Gasteiger partial charge in [-0.2, -0.15) is 0 Å². The van der Waals surface area contributed by atoms with Gasteiger partial charge in [-0.25, -0.2) is 4.98 Å². The van der Waals surface area contributed by atoms with Crippen LogP contribution in [-0.4, -0.2) is 64.9 Å². The van der Waals surface area contributed by atoms with Gasteiger partial charge in [-0.1, -0.05) is 0 Å². The van der Waals surface area contributed by atoms with Crippen molar-refractivity contribution in [1.29, 1.82) is 0 Å². The number of aliphatic carboxylic acids is 1. The van der Waals surface area contributed by atoms with Crippen LogP contribution in [0.15, 0.2) is 11.0 Å². The highest BCUT2D eigenvalue weighted by molar-refractivity contribution is 5.66. The summed E-state index contributed by atoms with van der Waals surface area (Å²) in [5, 5.41) is 11.8. The molecule has 0 amide bonds. The first-order chi connectivity index (χ1) is 10.1. The lowest BCUT2D eigenvalue weighted by molar-refractivity contribution is -0.137. The van der Waals surface area contributed by atoms with Gasteiger partial charge in [0.2, 0.25) is 0 Å². The Hall–Kier alpha value is -1.93. The third kappa shape index (κ3) is 4.27. The molecule has 0 unspecified atom stereocenters. The zero-order valence-corrected chi connectivity index (χ0v) is 12.0. The summed E-state index contributed by atoms with van der Waals surface area (Å²) in [7, 11) is 0. The molecular formula is C13H20N4O4. The lowest BCUT2D eigenvalue weighted by Gasteiger charge is -2.26. The molecule has 0 aromatic carbocycles. The summed E-state index contributed by atoms with van der Waals surface area (Å²) in [5.74, 6) is -0.860. The average molecular weight is 296 g/mol. The van der Waals surface area contributed by atoms with Gasteiger partial charge in [-0.3, -0.25) is 19.1 Å². The molecule has 1 aliphatic heterocycles. The highest BCUT2D eigenvalue weighted by atomic mass is 16.5. The number of morpholine rings is 1. The first-order valence-corrected chi connectivity index (χ1v) is 6.90. The molecular weight excluding hydrogens is 276 g/mol. The number of rotatable bonds is 6. The molecule has 0 aliphatic carbocycles. The van der Waals surface area contributed by atoms with E-state index in [1.165, 1.54) is 10.8 Å². The van der Waals surface area contributed by atoms with Crippen molar-refractivity contribution in [2.45, 2.75) is 13.5 Å². The first-order valence-electron chi connectivity index (χ1n) is 6.90. The van der Waals surface area contributed by atoms with Gasteiger partial charge in [-0.05, 0) is 6.92 Å². The smallest absolute Gasteiger partial charge is 0.323 e. The van der Waals surface area contributed by atoms with Crippen LogP contribution in [0.1, 0.15) is 5.69 Å². The van der Waals surface area contributed by atoms with Crippen LogP contribution in [0.2, 0.25) is 0 Å². The lowest BCUT2D eigenvalue weighted by atomic mass is 10.4. The number of nitrogens with one attached hydrogen (secondary N) is 1. The maximum atomic E-state index is 12.1. The fraction of sp³-hybridized carbons (Fsp3) is 0.615. The van der Waals surface area contributed by atoms with Crippen molar-refractivity contribution in [3.63, 3.8) is 0 Å². The van der Waals surface area contributed by atoms with Gasteiger partial charge >= 0.3 is 5.97 Å². The molecule has 0 bridgehead atoms. The largest absolute Gasteiger partial charge is 0.480 e. The zero-order valence-electron chi connectivity index (χ0n) is 12.0. The number of anilines is 1. The van der Waals surface area contributed by atoms with E-state index in [1.54, 1.807) is 6.92 Å². The van der Waals surface area contributed by atoms with E-state index in [2.05, 4.69) is 15.2 Å². The molecule has 2 heterocycles.